The number of hydrogen-bond acceptors (Lipinski definition) is 5. The Bertz CT molecular complexity index is 1260. The van der Waals surface area contributed by atoms with Gasteiger partial charge in [0.2, 0.25) is 0 Å². The van der Waals surface area contributed by atoms with Crippen molar-refractivity contribution in [2.75, 3.05) is 0 Å². The molecule has 0 unspecified atom stereocenters. The number of benzene rings is 1. The van der Waals surface area contributed by atoms with Crippen LogP contribution in [-0.2, 0) is 17.5 Å². The monoisotopic (exact) mass is 424 g/mol. The zero-order chi connectivity index (χ0) is 22.2. The Morgan fingerprint density at radius 2 is 1.67 bits per heavy atom. The fourth-order valence-electron chi connectivity index (χ4n) is 2.72. The lowest BCUT2D eigenvalue weighted by Gasteiger charge is -2.08. The molecule has 0 saturated carbocycles. The first kappa shape index (κ1) is 20.8. The average Bonchev–Trinajstić information content (AvgIpc) is 3.08. The fourth-order valence-corrected chi connectivity index (χ4v) is 2.72. The largest absolute Gasteiger partial charge is 0.480 e. The predicted molar refractivity (Wildman–Crippen MR) is 97.7 cm³/mol. The summed E-state index contributed by atoms with van der Waals surface area (Å²) in [5.41, 5.74) is -2.46. The Hall–Kier alpha value is -3.90. The van der Waals surface area contributed by atoms with E-state index in [1.165, 1.54) is 19.9 Å². The van der Waals surface area contributed by atoms with Crippen LogP contribution in [0.15, 0.2) is 44.1 Å². The molecule has 0 bridgehead atoms. The second-order valence-electron chi connectivity index (χ2n) is 6.34. The minimum Gasteiger partial charge on any atom is -0.480 e. The van der Waals surface area contributed by atoms with Gasteiger partial charge in [-0.2, -0.15) is 13.2 Å². The van der Waals surface area contributed by atoms with Gasteiger partial charge < -0.3 is 5.11 Å². The van der Waals surface area contributed by atoms with Gasteiger partial charge in [-0.1, -0.05) is 6.07 Å². The standard InChI is InChI=1S/C17H15F3N6O4/c1-8-13(15(29)25(23-8)7-12(27)28)21-22-14-9(2)24-26(16(14)30)11-5-3-4-10(6-11)17(18,19)20/h3-6,23-24H,7H2,1-2H3,(H,27,28). The number of aromatic amines is 2. The van der Waals surface area contributed by atoms with Crippen molar-refractivity contribution in [3.63, 3.8) is 0 Å². The van der Waals surface area contributed by atoms with Crippen LogP contribution in [0, 0.1) is 13.8 Å². The third-order valence-electron chi connectivity index (χ3n) is 4.12. The number of carboxylic acid groups (broad SMARTS) is 1. The lowest BCUT2D eigenvalue weighted by molar-refractivity contribution is -0.138. The number of hydrogen-bond donors (Lipinski definition) is 3. The molecule has 1 aromatic carbocycles. The molecule has 0 fully saturated rings. The summed E-state index contributed by atoms with van der Waals surface area (Å²) in [6, 6.07) is 4.16. The smallest absolute Gasteiger partial charge is 0.416 e. The van der Waals surface area contributed by atoms with E-state index in [2.05, 4.69) is 20.4 Å². The predicted octanol–water partition coefficient (Wildman–Crippen LogP) is 2.79. The van der Waals surface area contributed by atoms with Crippen LogP contribution in [-0.4, -0.2) is 30.6 Å². The number of aliphatic carboxylic acids is 1. The third-order valence-corrected chi connectivity index (χ3v) is 4.12. The summed E-state index contributed by atoms with van der Waals surface area (Å²) in [6.45, 7) is 2.33. The summed E-state index contributed by atoms with van der Waals surface area (Å²) in [5.74, 6) is -1.24. The molecule has 30 heavy (non-hydrogen) atoms. The molecule has 3 aromatic rings. The second-order valence-corrected chi connectivity index (χ2v) is 6.34. The molecular weight excluding hydrogens is 409 g/mol. The summed E-state index contributed by atoms with van der Waals surface area (Å²) < 4.78 is 40.5. The topological polar surface area (TPSA) is 138 Å². The molecule has 0 aliphatic heterocycles. The number of aryl methyl sites for hydroxylation is 2. The fraction of sp³-hybridized carbons (Fsp3) is 0.235. The number of nitrogens with one attached hydrogen (secondary N) is 2. The van der Waals surface area contributed by atoms with Crippen LogP contribution in [0.25, 0.3) is 5.69 Å². The van der Waals surface area contributed by atoms with Gasteiger partial charge in [0.05, 0.1) is 22.6 Å². The first-order valence-corrected chi connectivity index (χ1v) is 8.41. The molecule has 0 saturated heterocycles. The molecule has 158 valence electrons. The van der Waals surface area contributed by atoms with Gasteiger partial charge in [0, 0.05) is 0 Å². The second kappa shape index (κ2) is 7.50. The molecular formula is C17H15F3N6O4. The molecule has 13 heteroatoms. The molecule has 2 heterocycles. The molecule has 0 radical (unpaired) electrons. The van der Waals surface area contributed by atoms with E-state index in [-0.39, 0.29) is 28.5 Å². The number of aromatic nitrogens is 4. The Labute approximate surface area is 165 Å². The Kier molecular flexibility index (Phi) is 5.20. The summed E-state index contributed by atoms with van der Waals surface area (Å²) in [4.78, 5) is 35.6. The van der Waals surface area contributed by atoms with Crippen LogP contribution < -0.4 is 11.1 Å². The van der Waals surface area contributed by atoms with Gasteiger partial charge in [0.1, 0.15) is 6.54 Å². The maximum absolute atomic E-state index is 12.9. The number of H-pyrrole nitrogens is 2. The van der Waals surface area contributed by atoms with E-state index in [9.17, 15) is 27.6 Å². The number of halogens is 3. The molecule has 3 rings (SSSR count). The van der Waals surface area contributed by atoms with Gasteiger partial charge in [-0.15, -0.1) is 10.2 Å². The van der Waals surface area contributed by atoms with Crippen LogP contribution >= 0.6 is 0 Å². The molecule has 0 aliphatic rings. The van der Waals surface area contributed by atoms with Gasteiger partial charge in [-0.3, -0.25) is 24.6 Å². The van der Waals surface area contributed by atoms with Crippen LogP contribution in [0.2, 0.25) is 0 Å². The lowest BCUT2D eigenvalue weighted by atomic mass is 10.2. The van der Waals surface area contributed by atoms with Crippen LogP contribution in [0.4, 0.5) is 24.5 Å². The lowest BCUT2D eigenvalue weighted by Crippen LogP contribution is -2.21. The first-order valence-electron chi connectivity index (χ1n) is 8.41. The zero-order valence-electron chi connectivity index (χ0n) is 15.6. The summed E-state index contributed by atoms with van der Waals surface area (Å²) in [7, 11) is 0. The molecule has 10 nitrogen and oxygen atoms in total. The van der Waals surface area contributed by atoms with Crippen molar-refractivity contribution in [2.24, 2.45) is 10.2 Å². The Morgan fingerprint density at radius 1 is 1.07 bits per heavy atom. The molecule has 0 atom stereocenters. The van der Waals surface area contributed by atoms with E-state index in [4.69, 9.17) is 5.11 Å². The van der Waals surface area contributed by atoms with Crippen LogP contribution in [0.1, 0.15) is 17.0 Å². The van der Waals surface area contributed by atoms with E-state index in [1.807, 2.05) is 0 Å². The minimum atomic E-state index is -4.58. The summed E-state index contributed by atoms with van der Waals surface area (Å²) >= 11 is 0. The van der Waals surface area contributed by atoms with E-state index in [1.54, 1.807) is 0 Å². The number of nitrogens with zero attached hydrogens (tertiary/aromatic N) is 4. The van der Waals surface area contributed by atoms with E-state index in [0.717, 1.165) is 27.6 Å². The number of alkyl halides is 3. The summed E-state index contributed by atoms with van der Waals surface area (Å²) in [5, 5.41) is 21.5. The summed E-state index contributed by atoms with van der Waals surface area (Å²) in [6.07, 6.45) is -4.58. The maximum atomic E-state index is 12.9. The maximum Gasteiger partial charge on any atom is 0.416 e. The molecule has 3 N–H and O–H groups in total. The average molecular weight is 424 g/mol. The number of carbonyl (C=O) groups is 1. The van der Waals surface area contributed by atoms with E-state index < -0.39 is 35.4 Å². The number of rotatable bonds is 5. The van der Waals surface area contributed by atoms with Gasteiger partial charge >= 0.3 is 12.1 Å². The Morgan fingerprint density at radius 3 is 2.27 bits per heavy atom. The van der Waals surface area contributed by atoms with Crippen molar-refractivity contribution in [1.82, 2.24) is 19.6 Å². The van der Waals surface area contributed by atoms with Gasteiger partial charge in [0.25, 0.3) is 11.1 Å². The zero-order valence-corrected chi connectivity index (χ0v) is 15.6. The molecule has 0 spiro atoms. The van der Waals surface area contributed by atoms with Crippen molar-refractivity contribution in [3.05, 3.63) is 61.9 Å². The number of carboxylic acids is 1. The minimum absolute atomic E-state index is 0.0546. The van der Waals surface area contributed by atoms with Crippen molar-refractivity contribution in [1.29, 1.82) is 0 Å². The number of azo groups is 1. The van der Waals surface area contributed by atoms with Crippen molar-refractivity contribution < 1.29 is 23.1 Å². The van der Waals surface area contributed by atoms with Crippen LogP contribution in [0.3, 0.4) is 0 Å². The van der Waals surface area contributed by atoms with Crippen molar-refractivity contribution in [2.45, 2.75) is 26.6 Å². The van der Waals surface area contributed by atoms with Gasteiger partial charge in [-0.05, 0) is 32.0 Å². The van der Waals surface area contributed by atoms with Crippen molar-refractivity contribution >= 4 is 17.3 Å². The highest BCUT2D eigenvalue weighted by molar-refractivity contribution is 5.66. The molecule has 0 amide bonds. The van der Waals surface area contributed by atoms with Crippen LogP contribution in [0.5, 0.6) is 0 Å². The first-order chi connectivity index (χ1) is 14.0. The Balaban J connectivity index is 2.00. The molecule has 2 aromatic heterocycles. The normalized spacial score (nSPS) is 12.0. The van der Waals surface area contributed by atoms with Gasteiger partial charge in [-0.25, -0.2) is 9.36 Å². The quantitative estimate of drug-likeness (QED) is 0.542. The highest BCUT2D eigenvalue weighted by atomic mass is 19.4. The highest BCUT2D eigenvalue weighted by Gasteiger charge is 2.30. The third kappa shape index (κ3) is 3.94. The van der Waals surface area contributed by atoms with E-state index in [0.29, 0.717) is 0 Å². The van der Waals surface area contributed by atoms with E-state index >= 15 is 0 Å². The van der Waals surface area contributed by atoms with Gasteiger partial charge in [0.15, 0.2) is 11.4 Å². The van der Waals surface area contributed by atoms with Crippen molar-refractivity contribution in [3.8, 4) is 5.69 Å². The SMILES string of the molecule is Cc1[nH]n(CC(=O)O)c(=O)c1N=Nc1c(C)[nH]n(-c2cccc(C(F)(F)F)c2)c1=O. The molecule has 0 aliphatic carbocycles. The highest BCUT2D eigenvalue weighted by Crippen LogP contribution is 2.30.